The molecule has 2 aromatic carbocycles. The second-order valence-electron chi connectivity index (χ2n) is 5.22. The molecule has 1 aromatic heterocycles. The number of hydrogen-bond donors (Lipinski definition) is 1. The van der Waals surface area contributed by atoms with Crippen molar-refractivity contribution in [3.63, 3.8) is 0 Å². The van der Waals surface area contributed by atoms with E-state index in [1.165, 1.54) is 17.4 Å². The predicted molar refractivity (Wildman–Crippen MR) is 94.9 cm³/mol. The molecule has 0 aliphatic heterocycles. The zero-order valence-corrected chi connectivity index (χ0v) is 14.0. The summed E-state index contributed by atoms with van der Waals surface area (Å²) in [6.45, 7) is 2.37. The number of aromatic hydroxyl groups is 1. The van der Waals surface area contributed by atoms with Gasteiger partial charge in [0.2, 0.25) is 0 Å². The highest BCUT2D eigenvalue weighted by molar-refractivity contribution is 7.13. The van der Waals surface area contributed by atoms with Gasteiger partial charge >= 0.3 is 0 Å². The minimum atomic E-state index is -0.166. The van der Waals surface area contributed by atoms with Gasteiger partial charge in [0.1, 0.15) is 16.5 Å². The molecular weight excluding hydrogens is 322 g/mol. The first kappa shape index (κ1) is 16.2. The Morgan fingerprint density at radius 1 is 1.21 bits per heavy atom. The Morgan fingerprint density at radius 2 is 2.00 bits per heavy atom. The number of thiazole rings is 1. The van der Waals surface area contributed by atoms with Gasteiger partial charge in [-0.15, -0.1) is 11.3 Å². The molecule has 0 bridgehead atoms. The molecule has 0 radical (unpaired) electrons. The third kappa shape index (κ3) is 3.63. The molecule has 0 unspecified atom stereocenters. The van der Waals surface area contributed by atoms with Crippen LogP contribution in [0.4, 0.5) is 0 Å². The van der Waals surface area contributed by atoms with E-state index in [9.17, 15) is 9.90 Å². The maximum absolute atomic E-state index is 12.4. The van der Waals surface area contributed by atoms with E-state index in [0.29, 0.717) is 18.1 Å². The van der Waals surface area contributed by atoms with E-state index in [1.807, 2.05) is 42.6 Å². The van der Waals surface area contributed by atoms with Crippen LogP contribution >= 0.6 is 11.3 Å². The van der Waals surface area contributed by atoms with Crippen molar-refractivity contribution >= 4 is 17.1 Å². The molecule has 1 N–H and O–H groups in total. The van der Waals surface area contributed by atoms with Crippen molar-refractivity contribution in [2.75, 3.05) is 6.61 Å². The fourth-order valence-electron chi connectivity index (χ4n) is 2.36. The van der Waals surface area contributed by atoms with Crippen molar-refractivity contribution in [1.82, 2.24) is 4.98 Å². The summed E-state index contributed by atoms with van der Waals surface area (Å²) in [7, 11) is 0. The molecule has 24 heavy (non-hydrogen) atoms. The zero-order valence-electron chi connectivity index (χ0n) is 13.2. The fraction of sp³-hybridized carbons (Fsp3) is 0.158. The van der Waals surface area contributed by atoms with Crippen LogP contribution in [0.1, 0.15) is 23.0 Å². The van der Waals surface area contributed by atoms with E-state index in [0.717, 1.165) is 10.6 Å². The summed E-state index contributed by atoms with van der Waals surface area (Å²) in [6.07, 6.45) is 0.158. The molecule has 0 saturated heterocycles. The lowest BCUT2D eigenvalue weighted by atomic mass is 10.1. The van der Waals surface area contributed by atoms with Gasteiger partial charge in [-0.1, -0.05) is 30.3 Å². The zero-order chi connectivity index (χ0) is 16.9. The van der Waals surface area contributed by atoms with Crippen LogP contribution in [0.25, 0.3) is 10.6 Å². The summed E-state index contributed by atoms with van der Waals surface area (Å²) >= 11 is 1.51. The van der Waals surface area contributed by atoms with Crippen LogP contribution in [-0.2, 0) is 6.42 Å². The molecule has 4 nitrogen and oxygen atoms in total. The van der Waals surface area contributed by atoms with Crippen LogP contribution < -0.4 is 4.74 Å². The van der Waals surface area contributed by atoms with E-state index in [2.05, 4.69) is 4.98 Å². The number of carbonyl (C=O) groups excluding carboxylic acids is 1. The average Bonchev–Trinajstić information content (AvgIpc) is 3.04. The summed E-state index contributed by atoms with van der Waals surface area (Å²) in [6, 6.07) is 14.6. The SMILES string of the molecule is CCOc1ccc(C(=O)Cc2csc(-c3ccccc3)n2)c(O)c1. The van der Waals surface area contributed by atoms with Crippen molar-refractivity contribution in [2.45, 2.75) is 13.3 Å². The van der Waals surface area contributed by atoms with Crippen molar-refractivity contribution in [2.24, 2.45) is 0 Å². The van der Waals surface area contributed by atoms with Crippen LogP contribution in [0.3, 0.4) is 0 Å². The van der Waals surface area contributed by atoms with Crippen molar-refractivity contribution in [3.8, 4) is 22.1 Å². The van der Waals surface area contributed by atoms with Gasteiger partial charge in [-0.25, -0.2) is 4.98 Å². The average molecular weight is 339 g/mol. The second-order valence-corrected chi connectivity index (χ2v) is 6.08. The Morgan fingerprint density at radius 3 is 2.71 bits per heavy atom. The van der Waals surface area contributed by atoms with Crippen LogP contribution in [0.15, 0.2) is 53.9 Å². The molecule has 0 aliphatic carbocycles. The fourth-order valence-corrected chi connectivity index (χ4v) is 3.19. The maximum Gasteiger partial charge on any atom is 0.172 e. The molecule has 1 heterocycles. The lowest BCUT2D eigenvalue weighted by Gasteiger charge is -2.06. The summed E-state index contributed by atoms with van der Waals surface area (Å²) in [5, 5.41) is 12.8. The Hall–Kier alpha value is -2.66. The molecule has 0 amide bonds. The molecule has 122 valence electrons. The quantitative estimate of drug-likeness (QED) is 0.679. The van der Waals surface area contributed by atoms with Gasteiger partial charge in [-0.05, 0) is 19.1 Å². The second kappa shape index (κ2) is 7.27. The van der Waals surface area contributed by atoms with E-state index >= 15 is 0 Å². The monoisotopic (exact) mass is 339 g/mol. The van der Waals surface area contributed by atoms with Gasteiger partial charge < -0.3 is 9.84 Å². The van der Waals surface area contributed by atoms with Gasteiger partial charge in [0.05, 0.1) is 24.3 Å². The number of Topliss-reactive ketones (excluding diaryl/α,β-unsaturated/α-hetero) is 1. The van der Waals surface area contributed by atoms with Gasteiger partial charge in [0, 0.05) is 17.0 Å². The number of carbonyl (C=O) groups is 1. The highest BCUT2D eigenvalue weighted by atomic mass is 32.1. The topological polar surface area (TPSA) is 59.4 Å². The molecule has 5 heteroatoms. The Bertz CT molecular complexity index is 843. The molecule has 3 rings (SSSR count). The van der Waals surface area contributed by atoms with E-state index in [1.54, 1.807) is 12.1 Å². The van der Waals surface area contributed by atoms with Crippen LogP contribution in [0, 0.1) is 0 Å². The largest absolute Gasteiger partial charge is 0.507 e. The van der Waals surface area contributed by atoms with Gasteiger partial charge in [0.25, 0.3) is 0 Å². The van der Waals surface area contributed by atoms with E-state index in [4.69, 9.17) is 4.74 Å². The molecule has 0 fully saturated rings. The third-order valence-electron chi connectivity index (χ3n) is 3.49. The van der Waals surface area contributed by atoms with Crippen LogP contribution in [-0.4, -0.2) is 22.5 Å². The summed E-state index contributed by atoms with van der Waals surface area (Å²) in [5.74, 6) is 0.316. The minimum absolute atomic E-state index is 0.0653. The van der Waals surface area contributed by atoms with Gasteiger partial charge in [-0.2, -0.15) is 0 Å². The predicted octanol–water partition coefficient (Wildman–Crippen LogP) is 4.34. The van der Waals surface area contributed by atoms with E-state index in [-0.39, 0.29) is 23.5 Å². The number of rotatable bonds is 6. The smallest absolute Gasteiger partial charge is 0.172 e. The molecule has 0 saturated carbocycles. The maximum atomic E-state index is 12.4. The van der Waals surface area contributed by atoms with Gasteiger partial charge in [0.15, 0.2) is 5.78 Å². The first-order chi connectivity index (χ1) is 11.7. The Kier molecular flexibility index (Phi) is 4.91. The summed E-state index contributed by atoms with van der Waals surface area (Å²) < 4.78 is 5.31. The first-order valence-corrected chi connectivity index (χ1v) is 8.54. The highest BCUT2D eigenvalue weighted by Gasteiger charge is 2.15. The number of ether oxygens (including phenoxy) is 1. The number of phenolic OH excluding ortho intramolecular Hbond substituents is 1. The third-order valence-corrected chi connectivity index (χ3v) is 4.43. The normalized spacial score (nSPS) is 10.5. The number of benzene rings is 2. The van der Waals surface area contributed by atoms with Crippen molar-refractivity contribution in [3.05, 3.63) is 65.2 Å². The highest BCUT2D eigenvalue weighted by Crippen LogP contribution is 2.27. The molecule has 3 aromatic rings. The number of phenols is 1. The van der Waals surface area contributed by atoms with Crippen LogP contribution in [0.2, 0.25) is 0 Å². The molecule has 0 spiro atoms. The summed E-state index contributed by atoms with van der Waals surface area (Å²) in [4.78, 5) is 16.9. The van der Waals surface area contributed by atoms with Crippen LogP contribution in [0.5, 0.6) is 11.5 Å². The number of nitrogens with zero attached hydrogens (tertiary/aromatic N) is 1. The minimum Gasteiger partial charge on any atom is -0.507 e. The van der Waals surface area contributed by atoms with Crippen molar-refractivity contribution in [1.29, 1.82) is 0 Å². The Labute approximate surface area is 144 Å². The summed E-state index contributed by atoms with van der Waals surface area (Å²) in [5.41, 5.74) is 2.02. The lowest BCUT2D eigenvalue weighted by molar-refractivity contribution is 0.0989. The molecular formula is C19H17NO3S. The number of ketones is 1. The van der Waals surface area contributed by atoms with E-state index < -0.39 is 0 Å². The number of aromatic nitrogens is 1. The first-order valence-electron chi connectivity index (χ1n) is 7.66. The molecule has 0 atom stereocenters. The van der Waals surface area contributed by atoms with Crippen molar-refractivity contribution < 1.29 is 14.6 Å². The standard InChI is InChI=1S/C19H17NO3S/c1-2-23-15-8-9-16(18(22)11-15)17(21)10-14-12-24-19(20-14)13-6-4-3-5-7-13/h3-9,11-12,22H,2,10H2,1H3. The Balaban J connectivity index is 1.75. The molecule has 0 aliphatic rings. The van der Waals surface area contributed by atoms with Gasteiger partial charge in [-0.3, -0.25) is 4.79 Å². The lowest BCUT2D eigenvalue weighted by Crippen LogP contribution is -2.04. The number of hydrogen-bond acceptors (Lipinski definition) is 5.